The monoisotopic (exact) mass is 555 g/mol. The fraction of sp³-hybridized carbons (Fsp3) is 0.724. The Morgan fingerprint density at radius 3 is 2.11 bits per heavy atom. The second-order valence-electron chi connectivity index (χ2n) is 9.47. The van der Waals surface area contributed by atoms with Crippen LogP contribution in [0, 0.1) is 0 Å². The zero-order chi connectivity index (χ0) is 28.1. The maximum atomic E-state index is 13.2. The highest BCUT2D eigenvalue weighted by atomic mass is 31.2. The minimum absolute atomic E-state index is 0.0980. The van der Waals surface area contributed by atoms with Crippen LogP contribution in [0.4, 0.5) is 4.79 Å². The molecule has 9 heteroatoms. The number of hydrogen-bond acceptors (Lipinski definition) is 7. The average Bonchev–Trinajstić information content (AvgIpc) is 2.90. The molecule has 0 aliphatic heterocycles. The zero-order valence-corrected chi connectivity index (χ0v) is 24.8. The Morgan fingerprint density at radius 1 is 0.842 bits per heavy atom. The third-order valence-corrected chi connectivity index (χ3v) is 8.32. The molecule has 0 aliphatic rings. The third-order valence-electron chi connectivity index (χ3n) is 6.21. The lowest BCUT2D eigenvalue weighted by atomic mass is 10.0. The molecular formula is C29H50NO7P. The lowest BCUT2D eigenvalue weighted by Gasteiger charge is -2.29. The smallest absolute Gasteiger partial charge is 0.429 e. The molecule has 0 saturated heterocycles. The summed E-state index contributed by atoms with van der Waals surface area (Å²) in [5.74, 6) is -0.108. The number of carbonyl (C=O) groups is 2. The van der Waals surface area contributed by atoms with E-state index in [0.717, 1.165) is 56.9 Å². The van der Waals surface area contributed by atoms with Crippen molar-refractivity contribution in [2.45, 2.75) is 117 Å². The highest BCUT2D eigenvalue weighted by molar-refractivity contribution is 7.53. The first-order chi connectivity index (χ1) is 18.4. The fourth-order valence-electron chi connectivity index (χ4n) is 4.19. The Morgan fingerprint density at radius 2 is 1.47 bits per heavy atom. The number of nitrogens with one attached hydrogen (secondary N) is 1. The van der Waals surface area contributed by atoms with Crippen molar-refractivity contribution in [3.8, 4) is 0 Å². The second kappa shape index (κ2) is 21.0. The van der Waals surface area contributed by atoms with Gasteiger partial charge >= 0.3 is 13.8 Å². The molecule has 0 unspecified atom stereocenters. The molecule has 2 atom stereocenters. The summed E-state index contributed by atoms with van der Waals surface area (Å²) in [6, 6.07) is 8.86. The summed E-state index contributed by atoms with van der Waals surface area (Å²) >= 11 is 0. The Bertz CT molecular complexity index is 795. The van der Waals surface area contributed by atoms with Gasteiger partial charge in [0.1, 0.15) is 12.7 Å². The number of benzene rings is 1. The first-order valence-electron chi connectivity index (χ1n) is 14.4. The van der Waals surface area contributed by atoms with Gasteiger partial charge in [0.25, 0.3) is 0 Å². The van der Waals surface area contributed by atoms with Crippen molar-refractivity contribution in [3.05, 3.63) is 35.9 Å². The van der Waals surface area contributed by atoms with Crippen LogP contribution in [0.2, 0.25) is 0 Å². The van der Waals surface area contributed by atoms with Gasteiger partial charge in [0.05, 0.1) is 25.4 Å². The normalized spacial score (nSPS) is 13.1. The summed E-state index contributed by atoms with van der Waals surface area (Å²) in [7, 11) is -3.33. The molecule has 0 aliphatic carbocycles. The van der Waals surface area contributed by atoms with Crippen molar-refractivity contribution in [1.29, 1.82) is 0 Å². The molecule has 0 radical (unpaired) electrons. The minimum atomic E-state index is -3.33. The number of rotatable bonds is 22. The van der Waals surface area contributed by atoms with Crippen molar-refractivity contribution in [2.24, 2.45) is 0 Å². The molecule has 1 rings (SSSR count). The van der Waals surface area contributed by atoms with E-state index in [-0.39, 0.29) is 31.9 Å². The van der Waals surface area contributed by atoms with Gasteiger partial charge in [-0.05, 0) is 45.1 Å². The molecule has 0 heterocycles. The van der Waals surface area contributed by atoms with E-state index < -0.39 is 25.9 Å². The molecular weight excluding hydrogens is 505 g/mol. The quantitative estimate of drug-likeness (QED) is 0.0885. The van der Waals surface area contributed by atoms with E-state index in [4.69, 9.17) is 18.5 Å². The van der Waals surface area contributed by atoms with Gasteiger partial charge in [-0.15, -0.1) is 0 Å². The largest absolute Gasteiger partial charge is 0.508 e. The Hall–Kier alpha value is -1.89. The maximum absolute atomic E-state index is 13.2. The Labute approximate surface area is 230 Å². The molecule has 1 aromatic carbocycles. The minimum Gasteiger partial charge on any atom is -0.429 e. The van der Waals surface area contributed by atoms with Crippen LogP contribution >= 0.6 is 7.60 Å². The fourth-order valence-corrected chi connectivity index (χ4v) is 5.90. The lowest BCUT2D eigenvalue weighted by Crippen LogP contribution is -2.46. The van der Waals surface area contributed by atoms with Gasteiger partial charge in [-0.25, -0.2) is 4.79 Å². The van der Waals surface area contributed by atoms with Crippen molar-refractivity contribution >= 4 is 19.7 Å². The van der Waals surface area contributed by atoms with Crippen molar-refractivity contribution in [3.63, 3.8) is 0 Å². The van der Waals surface area contributed by atoms with E-state index >= 15 is 0 Å². The predicted octanol–water partition coefficient (Wildman–Crippen LogP) is 7.79. The first-order valence-corrected chi connectivity index (χ1v) is 16.1. The molecule has 38 heavy (non-hydrogen) atoms. The van der Waals surface area contributed by atoms with Gasteiger partial charge in [0, 0.05) is 6.42 Å². The van der Waals surface area contributed by atoms with Crippen LogP contribution in [-0.2, 0) is 34.5 Å². The van der Waals surface area contributed by atoms with Gasteiger partial charge in [-0.2, -0.15) is 0 Å². The number of ether oxygens (including phenoxy) is 2. The molecule has 0 saturated carbocycles. The molecule has 8 nitrogen and oxygen atoms in total. The number of amides is 1. The van der Waals surface area contributed by atoms with Gasteiger partial charge in [-0.1, -0.05) is 82.7 Å². The Kier molecular flexibility index (Phi) is 18.9. The molecule has 0 aromatic heterocycles. The second-order valence-corrected chi connectivity index (χ2v) is 11.7. The lowest BCUT2D eigenvalue weighted by molar-refractivity contribution is -0.123. The standard InChI is InChI=1S/C29H50NO7P/c1-5-9-11-12-17-20-27(37-29(32)34-24-25-18-15-13-16-19-25)26(30-28(31)21-14-10-6-2)22-23-38(33,35-7-3)36-8-4/h13,15-16,18-19,26-27H,5-12,14,17,20-24H2,1-4H3,(H,30,31)/t26-,27+/m0/s1. The van der Waals surface area contributed by atoms with E-state index in [1.54, 1.807) is 13.8 Å². The van der Waals surface area contributed by atoms with Crippen molar-refractivity contribution in [2.75, 3.05) is 19.4 Å². The van der Waals surface area contributed by atoms with E-state index in [0.29, 0.717) is 19.3 Å². The molecule has 0 bridgehead atoms. The predicted molar refractivity (Wildman–Crippen MR) is 151 cm³/mol. The summed E-state index contributed by atoms with van der Waals surface area (Å²) in [5, 5.41) is 3.06. The van der Waals surface area contributed by atoms with E-state index in [9.17, 15) is 14.2 Å². The van der Waals surface area contributed by atoms with E-state index in [2.05, 4.69) is 19.2 Å². The maximum Gasteiger partial charge on any atom is 0.508 e. The summed E-state index contributed by atoms with van der Waals surface area (Å²) in [6.45, 7) is 8.40. The van der Waals surface area contributed by atoms with Crippen LogP contribution in [0.15, 0.2) is 30.3 Å². The van der Waals surface area contributed by atoms with E-state index in [1.807, 2.05) is 30.3 Å². The topological polar surface area (TPSA) is 100 Å². The number of hydrogen-bond donors (Lipinski definition) is 1. The number of unbranched alkanes of at least 4 members (excludes halogenated alkanes) is 6. The van der Waals surface area contributed by atoms with E-state index in [1.165, 1.54) is 0 Å². The SMILES string of the molecule is CCCCCCC[C@@H](OC(=O)OCc1ccccc1)[C@H](CCP(=O)(OCC)OCC)NC(=O)CCCCC. The van der Waals surface area contributed by atoms with Crippen LogP contribution in [0.3, 0.4) is 0 Å². The van der Waals surface area contributed by atoms with Crippen LogP contribution in [0.5, 0.6) is 0 Å². The van der Waals surface area contributed by atoms with Gasteiger partial charge < -0.3 is 23.8 Å². The highest BCUT2D eigenvalue weighted by Crippen LogP contribution is 2.48. The molecule has 0 spiro atoms. The summed E-state index contributed by atoms with van der Waals surface area (Å²) in [5.41, 5.74) is 0.857. The summed E-state index contributed by atoms with van der Waals surface area (Å²) in [6.07, 6.45) is 7.94. The van der Waals surface area contributed by atoms with Crippen molar-refractivity contribution < 1.29 is 32.7 Å². The molecule has 1 aromatic rings. The van der Waals surface area contributed by atoms with Crippen LogP contribution < -0.4 is 5.32 Å². The summed E-state index contributed by atoms with van der Waals surface area (Å²) in [4.78, 5) is 25.5. The van der Waals surface area contributed by atoms with Crippen LogP contribution in [-0.4, -0.2) is 43.6 Å². The van der Waals surface area contributed by atoms with Crippen LogP contribution in [0.25, 0.3) is 0 Å². The first kappa shape index (κ1) is 34.1. The van der Waals surface area contributed by atoms with Crippen LogP contribution in [0.1, 0.15) is 104 Å². The van der Waals surface area contributed by atoms with Crippen molar-refractivity contribution in [1.82, 2.24) is 5.32 Å². The Balaban J connectivity index is 3.00. The molecule has 1 amide bonds. The average molecular weight is 556 g/mol. The molecule has 218 valence electrons. The highest BCUT2D eigenvalue weighted by Gasteiger charge is 2.32. The zero-order valence-electron chi connectivity index (χ0n) is 24.0. The summed E-state index contributed by atoms with van der Waals surface area (Å²) < 4.78 is 35.3. The van der Waals surface area contributed by atoms with Gasteiger partial charge in [-0.3, -0.25) is 9.36 Å². The van der Waals surface area contributed by atoms with Gasteiger partial charge in [0.2, 0.25) is 5.91 Å². The number of carbonyl (C=O) groups excluding carboxylic acids is 2. The molecule has 1 N–H and O–H groups in total. The van der Waals surface area contributed by atoms with Gasteiger partial charge in [0.15, 0.2) is 0 Å². The third kappa shape index (κ3) is 15.5. The molecule has 0 fully saturated rings.